The number of anilines is 1. The Morgan fingerprint density at radius 1 is 1.70 bits per heavy atom. The van der Waals surface area contributed by atoms with Gasteiger partial charge in [-0.25, -0.2) is 0 Å². The van der Waals surface area contributed by atoms with Crippen molar-refractivity contribution in [2.24, 2.45) is 0 Å². The number of H-pyrrole nitrogens is 1. The molecule has 0 amide bonds. The molecule has 3 N–H and O–H groups in total. The first-order chi connectivity index (χ1) is 4.63. The predicted octanol–water partition coefficient (Wildman–Crippen LogP) is 1.71. The van der Waals surface area contributed by atoms with E-state index in [0.717, 1.165) is 0 Å². The minimum Gasteiger partial charge on any atom is -0.384 e. The number of aromatic nitrogens is 2. The highest BCUT2D eigenvalue weighted by Gasteiger charge is 2.01. The number of hydrogen-bond donors (Lipinski definition) is 2. The molecule has 0 aliphatic heterocycles. The maximum atomic E-state index is 5.61. The number of nitrogens with zero attached hydrogens (tertiary/aromatic N) is 1. The van der Waals surface area contributed by atoms with Crippen LogP contribution in [0.5, 0.6) is 0 Å². The number of nitrogens with two attached hydrogens (primary N) is 1. The number of rotatable bonds is 1. The summed E-state index contributed by atoms with van der Waals surface area (Å²) < 4.78 is 2.56. The first-order valence-corrected chi connectivity index (χ1v) is 3.59. The molecule has 0 unspecified atom stereocenters. The molecule has 0 bridgehead atoms. The van der Waals surface area contributed by atoms with Crippen LogP contribution in [-0.4, -0.2) is 9.55 Å². The van der Waals surface area contributed by atoms with E-state index in [0.29, 0.717) is 16.6 Å². The maximum Gasteiger partial charge on any atom is 0.178 e. The lowest BCUT2D eigenvalue weighted by Gasteiger charge is -2.07. The molecule has 0 radical (unpaired) electrons. The van der Waals surface area contributed by atoms with E-state index in [1.165, 1.54) is 0 Å². The fourth-order valence-electron chi connectivity index (χ4n) is 0.925. The van der Waals surface area contributed by atoms with Crippen LogP contribution in [-0.2, 0) is 0 Å². The molecule has 0 saturated carbocycles. The number of aromatic amines is 1. The summed E-state index contributed by atoms with van der Waals surface area (Å²) in [5, 5.41) is 0. The van der Waals surface area contributed by atoms with Crippen LogP contribution < -0.4 is 5.73 Å². The van der Waals surface area contributed by atoms with Gasteiger partial charge in [-0.05, 0) is 26.1 Å². The van der Waals surface area contributed by atoms with Gasteiger partial charge in [-0.1, -0.05) is 0 Å². The number of nitrogens with one attached hydrogen (secondary N) is 1. The molecule has 0 aliphatic carbocycles. The van der Waals surface area contributed by atoms with Crippen LogP contribution in [0.2, 0.25) is 0 Å². The van der Waals surface area contributed by atoms with E-state index in [2.05, 4.69) is 4.98 Å². The summed E-state index contributed by atoms with van der Waals surface area (Å²) in [5.41, 5.74) is 5.61. The third kappa shape index (κ3) is 1.07. The van der Waals surface area contributed by atoms with Crippen molar-refractivity contribution in [1.82, 2.24) is 9.55 Å². The molecule has 1 aromatic rings. The Bertz CT molecular complexity index is 271. The highest BCUT2D eigenvalue weighted by Crippen LogP contribution is 2.11. The molecule has 1 aromatic heterocycles. The molecule has 1 rings (SSSR count). The van der Waals surface area contributed by atoms with Crippen LogP contribution in [0.4, 0.5) is 5.82 Å². The fourth-order valence-corrected chi connectivity index (χ4v) is 1.30. The lowest BCUT2D eigenvalue weighted by atomic mass is 10.4. The second-order valence-electron chi connectivity index (χ2n) is 2.48. The van der Waals surface area contributed by atoms with Crippen molar-refractivity contribution in [2.75, 3.05) is 5.73 Å². The third-order valence-electron chi connectivity index (χ3n) is 1.36. The third-order valence-corrected chi connectivity index (χ3v) is 1.67. The van der Waals surface area contributed by atoms with E-state index in [-0.39, 0.29) is 0 Å². The van der Waals surface area contributed by atoms with Gasteiger partial charge in [-0.15, -0.1) is 0 Å². The Kier molecular flexibility index (Phi) is 1.80. The van der Waals surface area contributed by atoms with Crippen LogP contribution in [0, 0.1) is 4.77 Å². The summed E-state index contributed by atoms with van der Waals surface area (Å²) in [5.74, 6) is 0.694. The summed E-state index contributed by atoms with van der Waals surface area (Å²) in [6.07, 6.45) is 1.71. The SMILES string of the molecule is CC(C)n1c(N)c[nH]c1=S. The second kappa shape index (κ2) is 2.46. The van der Waals surface area contributed by atoms with Gasteiger partial charge in [0.15, 0.2) is 4.77 Å². The standard InChI is InChI=1S/C6H11N3S/c1-4(2)9-5(7)3-8-6(9)10/h3-4H,7H2,1-2H3,(H,8,10). The molecule has 0 fully saturated rings. The molecule has 4 heteroatoms. The first-order valence-electron chi connectivity index (χ1n) is 3.18. The van der Waals surface area contributed by atoms with E-state index < -0.39 is 0 Å². The Morgan fingerprint density at radius 3 is 2.50 bits per heavy atom. The largest absolute Gasteiger partial charge is 0.384 e. The molecule has 10 heavy (non-hydrogen) atoms. The van der Waals surface area contributed by atoms with E-state index in [1.54, 1.807) is 6.20 Å². The quantitative estimate of drug-likeness (QED) is 0.609. The Labute approximate surface area is 64.9 Å². The van der Waals surface area contributed by atoms with Crippen LogP contribution >= 0.6 is 12.2 Å². The van der Waals surface area contributed by atoms with Crippen molar-refractivity contribution < 1.29 is 0 Å². The van der Waals surface area contributed by atoms with Gasteiger partial charge in [0, 0.05) is 12.2 Å². The van der Waals surface area contributed by atoms with E-state index >= 15 is 0 Å². The van der Waals surface area contributed by atoms with Crippen molar-refractivity contribution in [1.29, 1.82) is 0 Å². The molecule has 0 saturated heterocycles. The zero-order valence-corrected chi connectivity index (χ0v) is 6.90. The molecule has 0 aromatic carbocycles. The Morgan fingerprint density at radius 2 is 2.30 bits per heavy atom. The summed E-state index contributed by atoms with van der Waals surface area (Å²) in [6.45, 7) is 4.08. The molecular formula is C6H11N3S. The van der Waals surface area contributed by atoms with Gasteiger partial charge in [0.2, 0.25) is 0 Å². The minimum atomic E-state index is 0.332. The van der Waals surface area contributed by atoms with E-state index in [4.69, 9.17) is 18.0 Å². The molecular weight excluding hydrogens is 146 g/mol. The molecule has 0 aliphatic rings. The fraction of sp³-hybridized carbons (Fsp3) is 0.500. The van der Waals surface area contributed by atoms with Gasteiger partial charge < -0.3 is 15.3 Å². The van der Waals surface area contributed by atoms with Crippen molar-refractivity contribution >= 4 is 18.0 Å². The molecule has 0 atom stereocenters. The van der Waals surface area contributed by atoms with Crippen molar-refractivity contribution in [3.63, 3.8) is 0 Å². The summed E-state index contributed by atoms with van der Waals surface area (Å²) in [6, 6.07) is 0.332. The zero-order valence-electron chi connectivity index (χ0n) is 6.09. The van der Waals surface area contributed by atoms with Crippen molar-refractivity contribution in [3.05, 3.63) is 11.0 Å². The van der Waals surface area contributed by atoms with Crippen LogP contribution in [0.1, 0.15) is 19.9 Å². The average molecular weight is 157 g/mol. The number of nitrogen functional groups attached to an aromatic ring is 1. The summed E-state index contributed by atoms with van der Waals surface area (Å²) in [7, 11) is 0. The lowest BCUT2D eigenvalue weighted by Crippen LogP contribution is -2.04. The normalized spacial score (nSPS) is 10.7. The smallest absolute Gasteiger partial charge is 0.178 e. The summed E-state index contributed by atoms with van der Waals surface area (Å²) >= 11 is 4.98. The minimum absolute atomic E-state index is 0.332. The lowest BCUT2D eigenvalue weighted by molar-refractivity contribution is 0.600. The second-order valence-corrected chi connectivity index (χ2v) is 2.87. The van der Waals surface area contributed by atoms with Gasteiger partial charge in [0.1, 0.15) is 5.82 Å². The van der Waals surface area contributed by atoms with E-state index in [1.807, 2.05) is 18.4 Å². The topological polar surface area (TPSA) is 46.7 Å². The van der Waals surface area contributed by atoms with Gasteiger partial charge in [-0.3, -0.25) is 0 Å². The highest BCUT2D eigenvalue weighted by atomic mass is 32.1. The highest BCUT2D eigenvalue weighted by molar-refractivity contribution is 7.71. The van der Waals surface area contributed by atoms with Gasteiger partial charge in [0.25, 0.3) is 0 Å². The molecule has 3 nitrogen and oxygen atoms in total. The summed E-state index contributed by atoms with van der Waals surface area (Å²) in [4.78, 5) is 2.87. The number of imidazole rings is 1. The van der Waals surface area contributed by atoms with Crippen LogP contribution in [0.3, 0.4) is 0 Å². The Hall–Kier alpha value is -0.770. The maximum absolute atomic E-state index is 5.61. The van der Waals surface area contributed by atoms with Gasteiger partial charge in [0.05, 0.1) is 0 Å². The molecule has 0 spiro atoms. The van der Waals surface area contributed by atoms with Crippen LogP contribution in [0.15, 0.2) is 6.20 Å². The molecule has 1 heterocycles. The van der Waals surface area contributed by atoms with Gasteiger partial charge >= 0.3 is 0 Å². The van der Waals surface area contributed by atoms with Crippen molar-refractivity contribution in [2.45, 2.75) is 19.9 Å². The monoisotopic (exact) mass is 157 g/mol. The average Bonchev–Trinajstić information content (AvgIpc) is 2.11. The predicted molar refractivity (Wildman–Crippen MR) is 44.4 cm³/mol. The zero-order chi connectivity index (χ0) is 7.72. The van der Waals surface area contributed by atoms with Gasteiger partial charge in [-0.2, -0.15) is 0 Å². The molecule has 56 valence electrons. The number of hydrogen-bond acceptors (Lipinski definition) is 2. The van der Waals surface area contributed by atoms with Crippen molar-refractivity contribution in [3.8, 4) is 0 Å². The first kappa shape index (κ1) is 7.34. The van der Waals surface area contributed by atoms with E-state index in [9.17, 15) is 0 Å². The van der Waals surface area contributed by atoms with Crippen LogP contribution in [0.25, 0.3) is 0 Å². The Balaban J connectivity index is 3.23.